The Morgan fingerprint density at radius 2 is 1.73 bits per heavy atom. The Labute approximate surface area is 112 Å². The number of nitrogens with one attached hydrogen (secondary N) is 1. The first-order chi connectivity index (χ1) is 4.52. The number of thioether (sulfide) groups is 1. The summed E-state index contributed by atoms with van der Waals surface area (Å²) in [6.45, 7) is 8.46. The fourth-order valence-corrected chi connectivity index (χ4v) is 2.03. The van der Waals surface area contributed by atoms with E-state index in [0.717, 1.165) is 4.32 Å². The topological polar surface area (TPSA) is 12.0 Å². The molecule has 0 saturated heterocycles. The van der Waals surface area contributed by atoms with Gasteiger partial charge in [-0.1, -0.05) is 37.8 Å². The van der Waals surface area contributed by atoms with E-state index >= 15 is 0 Å². The Kier molecular flexibility index (Phi) is 11.2. The van der Waals surface area contributed by atoms with Gasteiger partial charge in [-0.2, -0.15) is 0 Å². The molecule has 1 nitrogen and oxygen atoms in total. The summed E-state index contributed by atoms with van der Waals surface area (Å²) in [7, 11) is 0. The van der Waals surface area contributed by atoms with Gasteiger partial charge >= 0.3 is 0 Å². The number of thiocarbonyl (C=S) groups is 1. The molecule has 4 heteroatoms. The van der Waals surface area contributed by atoms with Crippen LogP contribution in [0.15, 0.2) is 0 Å². The zero-order valence-electron chi connectivity index (χ0n) is 7.47. The van der Waals surface area contributed by atoms with Crippen molar-refractivity contribution in [3.8, 4) is 0 Å². The second-order valence-corrected chi connectivity index (χ2v) is 5.01. The Morgan fingerprint density at radius 1 is 1.27 bits per heavy atom. The first kappa shape index (κ1) is 15.1. The van der Waals surface area contributed by atoms with E-state index in [-0.39, 0.29) is 40.8 Å². The molecule has 0 aromatic heterocycles. The summed E-state index contributed by atoms with van der Waals surface area (Å²) in [6, 6.07) is 0.457. The molecule has 0 radical (unpaired) electrons. The van der Waals surface area contributed by atoms with Gasteiger partial charge < -0.3 is 5.32 Å². The van der Waals surface area contributed by atoms with E-state index in [2.05, 4.69) is 33.0 Å². The molecular formula is C7H15NNdS2. The van der Waals surface area contributed by atoms with Gasteiger partial charge in [0, 0.05) is 52.1 Å². The predicted octanol–water partition coefficient (Wildman–Crippen LogP) is 2.41. The summed E-state index contributed by atoms with van der Waals surface area (Å²) in [4.78, 5) is 0. The van der Waals surface area contributed by atoms with Crippen molar-refractivity contribution in [2.45, 2.75) is 39.0 Å². The molecule has 0 heterocycles. The quantitative estimate of drug-likeness (QED) is 0.785. The third-order valence-corrected chi connectivity index (χ3v) is 1.96. The van der Waals surface area contributed by atoms with Crippen LogP contribution in [-0.2, 0) is 0 Å². The molecule has 0 aromatic carbocycles. The van der Waals surface area contributed by atoms with Crippen molar-refractivity contribution in [1.29, 1.82) is 0 Å². The molecule has 0 aliphatic carbocycles. The Bertz CT molecular complexity index is 103. The molecule has 0 fully saturated rings. The minimum Gasteiger partial charge on any atom is -0.369 e. The van der Waals surface area contributed by atoms with Gasteiger partial charge in [0.2, 0.25) is 0 Å². The minimum absolute atomic E-state index is 0. The van der Waals surface area contributed by atoms with E-state index in [9.17, 15) is 0 Å². The first-order valence-corrected chi connectivity index (χ1v) is 4.78. The number of hydrogen-bond acceptors (Lipinski definition) is 2. The Balaban J connectivity index is 0. The summed E-state index contributed by atoms with van der Waals surface area (Å²) >= 11 is 6.76. The van der Waals surface area contributed by atoms with Crippen molar-refractivity contribution in [2.75, 3.05) is 0 Å². The molecule has 0 saturated carbocycles. The maximum absolute atomic E-state index is 5.06. The molecule has 0 aromatic rings. The van der Waals surface area contributed by atoms with Crippen LogP contribution in [0, 0.1) is 40.8 Å². The average molecular weight is 322 g/mol. The molecule has 0 bridgehead atoms. The van der Waals surface area contributed by atoms with E-state index in [1.807, 2.05) is 0 Å². The molecule has 0 atom stereocenters. The number of hydrogen-bond donors (Lipinski definition) is 1. The van der Waals surface area contributed by atoms with Crippen LogP contribution < -0.4 is 5.32 Å². The molecule has 0 rings (SSSR count). The van der Waals surface area contributed by atoms with Crippen LogP contribution in [0.3, 0.4) is 0 Å². The van der Waals surface area contributed by atoms with Gasteiger partial charge in [0.1, 0.15) is 4.32 Å². The van der Waals surface area contributed by atoms with Gasteiger partial charge in [0.15, 0.2) is 0 Å². The SMILES string of the molecule is CC(C)NC(=S)SC(C)C.[Nd]. The van der Waals surface area contributed by atoms with Crippen molar-refractivity contribution < 1.29 is 40.8 Å². The van der Waals surface area contributed by atoms with Gasteiger partial charge in [-0.05, 0) is 13.8 Å². The van der Waals surface area contributed by atoms with Gasteiger partial charge in [-0.3, -0.25) is 0 Å². The Hall–Kier alpha value is 1.59. The average Bonchev–Trinajstić information content (AvgIpc) is 1.58. The summed E-state index contributed by atoms with van der Waals surface area (Å²) < 4.78 is 0.907. The van der Waals surface area contributed by atoms with Crippen LogP contribution >= 0.6 is 24.0 Å². The van der Waals surface area contributed by atoms with Crippen molar-refractivity contribution >= 4 is 28.3 Å². The molecule has 1 N–H and O–H groups in total. The standard InChI is InChI=1S/C7H15NS2.Nd/c1-5(2)8-7(9)10-6(3)4;/h5-6H,1-4H3,(H,8,9);. The van der Waals surface area contributed by atoms with E-state index in [1.54, 1.807) is 11.8 Å². The summed E-state index contributed by atoms with van der Waals surface area (Å²) in [6.07, 6.45) is 0. The third kappa shape index (κ3) is 11.6. The molecule has 0 aliphatic heterocycles. The smallest absolute Gasteiger partial charge is 0.134 e. The van der Waals surface area contributed by atoms with Crippen molar-refractivity contribution in [2.24, 2.45) is 0 Å². The normalized spacial score (nSPS) is 9.64. The molecule has 0 unspecified atom stereocenters. The maximum Gasteiger partial charge on any atom is 0.134 e. The summed E-state index contributed by atoms with van der Waals surface area (Å²) in [5.41, 5.74) is 0. The zero-order valence-corrected chi connectivity index (χ0v) is 12.3. The molecule has 64 valence electrons. The minimum atomic E-state index is 0. The molecule has 11 heavy (non-hydrogen) atoms. The van der Waals surface area contributed by atoms with Crippen LogP contribution in [0.25, 0.3) is 0 Å². The number of rotatable bonds is 2. The Morgan fingerprint density at radius 3 is 2.00 bits per heavy atom. The van der Waals surface area contributed by atoms with Gasteiger partial charge in [0.05, 0.1) is 0 Å². The first-order valence-electron chi connectivity index (χ1n) is 3.49. The summed E-state index contributed by atoms with van der Waals surface area (Å²) in [5, 5.41) is 3.75. The fraction of sp³-hybridized carbons (Fsp3) is 0.857. The van der Waals surface area contributed by atoms with Crippen LogP contribution in [-0.4, -0.2) is 15.6 Å². The van der Waals surface area contributed by atoms with Crippen LogP contribution in [0.2, 0.25) is 0 Å². The molecule has 0 amide bonds. The van der Waals surface area contributed by atoms with Crippen LogP contribution in [0.1, 0.15) is 27.7 Å². The predicted molar refractivity (Wildman–Crippen MR) is 53.6 cm³/mol. The second-order valence-electron chi connectivity index (χ2n) is 2.75. The maximum atomic E-state index is 5.06. The van der Waals surface area contributed by atoms with Crippen LogP contribution in [0.5, 0.6) is 0 Å². The van der Waals surface area contributed by atoms with Crippen LogP contribution in [0.4, 0.5) is 0 Å². The van der Waals surface area contributed by atoms with Gasteiger partial charge in [-0.25, -0.2) is 0 Å². The molecular weight excluding hydrogens is 306 g/mol. The second kappa shape index (κ2) is 8.20. The van der Waals surface area contributed by atoms with E-state index in [0.29, 0.717) is 11.3 Å². The monoisotopic (exact) mass is 319 g/mol. The molecule has 0 spiro atoms. The van der Waals surface area contributed by atoms with Crippen molar-refractivity contribution in [3.63, 3.8) is 0 Å². The zero-order chi connectivity index (χ0) is 8.15. The van der Waals surface area contributed by atoms with Gasteiger partial charge in [-0.15, -0.1) is 0 Å². The largest absolute Gasteiger partial charge is 0.369 e. The van der Waals surface area contributed by atoms with Crippen molar-refractivity contribution in [3.05, 3.63) is 0 Å². The van der Waals surface area contributed by atoms with E-state index < -0.39 is 0 Å². The van der Waals surface area contributed by atoms with E-state index in [4.69, 9.17) is 12.2 Å². The summed E-state index contributed by atoms with van der Waals surface area (Å²) in [5.74, 6) is 0. The third-order valence-electron chi connectivity index (χ3n) is 0.749. The molecule has 0 aliphatic rings. The van der Waals surface area contributed by atoms with E-state index in [1.165, 1.54) is 0 Å². The fourth-order valence-electron chi connectivity index (χ4n) is 0.484. The van der Waals surface area contributed by atoms with Crippen molar-refractivity contribution in [1.82, 2.24) is 5.32 Å². The van der Waals surface area contributed by atoms with Gasteiger partial charge in [0.25, 0.3) is 0 Å².